The highest BCUT2D eigenvalue weighted by Crippen LogP contribution is 2.32. The molecule has 13 heteroatoms. The number of aryl methyl sites for hydroxylation is 7. The lowest BCUT2D eigenvalue weighted by molar-refractivity contribution is 0.0684. The molecule has 0 unspecified atom stereocenters. The van der Waals surface area contributed by atoms with Crippen LogP contribution in [0.25, 0.3) is 10.8 Å². The Morgan fingerprint density at radius 2 is 0.871 bits per heavy atom. The molecule has 0 aliphatic rings. The molecule has 0 saturated carbocycles. The number of rotatable bonds is 21. The van der Waals surface area contributed by atoms with E-state index in [9.17, 15) is 36.6 Å². The van der Waals surface area contributed by atoms with Gasteiger partial charge < -0.3 is 15.1 Å². The molecule has 0 aliphatic heterocycles. The van der Waals surface area contributed by atoms with Gasteiger partial charge in [0.2, 0.25) is 0 Å². The normalized spacial score (nSPS) is 11.4. The van der Waals surface area contributed by atoms with Crippen LogP contribution in [0.15, 0.2) is 155 Å². The molecule has 0 amide bonds. The van der Waals surface area contributed by atoms with E-state index in [1.807, 2.05) is 137 Å². The number of hydrogen-bond donors (Lipinski definition) is 4. The Hall–Kier alpha value is -6.96. The van der Waals surface area contributed by atoms with Crippen molar-refractivity contribution in [3.8, 4) is 0 Å². The van der Waals surface area contributed by atoms with E-state index in [2.05, 4.69) is 9.44 Å². The quantitative estimate of drug-likeness (QED) is 0.0512. The molecule has 7 rings (SSSR count). The molecule has 0 bridgehead atoms. The molecule has 0 atom stereocenters. The Morgan fingerprint density at radius 1 is 0.471 bits per heavy atom. The number of carboxylic acid groups (broad SMARTS) is 2. The zero-order chi connectivity index (χ0) is 50.4. The predicted octanol–water partition coefficient (Wildman–Crippen LogP) is 12.4. The van der Waals surface area contributed by atoms with Crippen molar-refractivity contribution in [2.24, 2.45) is 0 Å². The highest BCUT2D eigenvalue weighted by Gasteiger charge is 2.22. The first-order valence-electron chi connectivity index (χ1n) is 23.6. The fourth-order valence-electron chi connectivity index (χ4n) is 9.06. The predicted molar refractivity (Wildman–Crippen MR) is 283 cm³/mol. The Balaban J connectivity index is 0.000000231. The minimum Gasteiger partial charge on any atom is -0.478 e. The van der Waals surface area contributed by atoms with E-state index in [4.69, 9.17) is 0 Å². The second-order valence-electron chi connectivity index (χ2n) is 17.8. The number of sulfonamides is 2. The molecule has 7 aromatic rings. The first kappa shape index (κ1) is 52.4. The highest BCUT2D eigenvalue weighted by molar-refractivity contribution is 7.93. The minimum atomic E-state index is -3.81. The fraction of sp³-hybridized carbons (Fsp3) is 0.263. The van der Waals surface area contributed by atoms with Gasteiger partial charge in [0, 0.05) is 30.6 Å². The summed E-state index contributed by atoms with van der Waals surface area (Å²) in [6.45, 7) is 5.60. The van der Waals surface area contributed by atoms with Crippen molar-refractivity contribution in [1.29, 1.82) is 0 Å². The van der Waals surface area contributed by atoms with Crippen LogP contribution in [0, 0.1) is 20.8 Å². The molecule has 0 saturated heterocycles. The summed E-state index contributed by atoms with van der Waals surface area (Å²) in [6.07, 6.45) is 8.20. The summed E-state index contributed by atoms with van der Waals surface area (Å²) in [6, 6.07) is 44.0. The van der Waals surface area contributed by atoms with Gasteiger partial charge in [-0.1, -0.05) is 128 Å². The van der Waals surface area contributed by atoms with Crippen molar-refractivity contribution < 1.29 is 36.6 Å². The number of carbonyl (C=O) groups is 2. The Bertz CT molecular complexity index is 3160. The van der Waals surface area contributed by atoms with Gasteiger partial charge in [-0.2, -0.15) is 0 Å². The molecule has 0 heterocycles. The summed E-state index contributed by atoms with van der Waals surface area (Å²) >= 11 is 0. The van der Waals surface area contributed by atoms with E-state index in [0.717, 1.165) is 101 Å². The molecule has 7 aromatic carbocycles. The van der Waals surface area contributed by atoms with Gasteiger partial charge in [0.15, 0.2) is 0 Å². The molecule has 366 valence electrons. The van der Waals surface area contributed by atoms with E-state index in [1.54, 1.807) is 48.5 Å². The van der Waals surface area contributed by atoms with E-state index in [1.165, 1.54) is 0 Å². The number of carboxylic acids is 2. The highest BCUT2D eigenvalue weighted by atomic mass is 32.2. The van der Waals surface area contributed by atoms with Crippen molar-refractivity contribution in [2.45, 2.75) is 94.8 Å². The monoisotopic (exact) mass is 981 g/mol. The summed E-state index contributed by atoms with van der Waals surface area (Å²) in [5, 5.41) is 20.2. The van der Waals surface area contributed by atoms with Crippen molar-refractivity contribution in [2.75, 3.05) is 28.4 Å². The van der Waals surface area contributed by atoms with Crippen LogP contribution in [-0.2, 0) is 45.7 Å². The summed E-state index contributed by atoms with van der Waals surface area (Å²) in [7, 11) is -3.64. The van der Waals surface area contributed by atoms with Gasteiger partial charge in [-0.15, -0.1) is 0 Å². The number of para-hydroxylation sites is 2. The van der Waals surface area contributed by atoms with E-state index >= 15 is 0 Å². The lowest BCUT2D eigenvalue weighted by atomic mass is 9.99. The summed E-state index contributed by atoms with van der Waals surface area (Å²) in [5.74, 6) is -1.80. The third-order valence-corrected chi connectivity index (χ3v) is 15.4. The van der Waals surface area contributed by atoms with Crippen molar-refractivity contribution >= 4 is 59.8 Å². The number of unbranched alkanes of at least 4 members (excludes halogenated alkanes) is 4. The van der Waals surface area contributed by atoms with Crippen molar-refractivity contribution in [1.82, 2.24) is 0 Å². The smallest absolute Gasteiger partial charge is 0.335 e. The number of anilines is 3. The van der Waals surface area contributed by atoms with Crippen LogP contribution in [-0.4, -0.2) is 53.1 Å². The zero-order valence-corrected chi connectivity index (χ0v) is 42.2. The maximum Gasteiger partial charge on any atom is 0.335 e. The van der Waals surface area contributed by atoms with E-state index < -0.39 is 32.0 Å². The molecule has 0 fully saturated rings. The van der Waals surface area contributed by atoms with Crippen LogP contribution in [0.4, 0.5) is 17.1 Å². The lowest BCUT2D eigenvalue weighted by Gasteiger charge is -2.18. The van der Waals surface area contributed by atoms with Crippen molar-refractivity contribution in [3.63, 3.8) is 0 Å². The Labute approximate surface area is 413 Å². The molecule has 0 aromatic heterocycles. The van der Waals surface area contributed by atoms with Gasteiger partial charge in [-0.25, -0.2) is 26.4 Å². The number of aromatic carboxylic acids is 2. The standard InChI is InChI=1S/C30H32N2O4S.C27H31NO4S/c1-32(2)28-20-10-18-26-25(28)17-11-21-29(26)37(35,36)31-27-19-9-7-15-23(27)14-5-3-4-12-22-13-6-8-16-24(22)30(33)34;1-19-17-20(2)26(21(3)18-19)33(31,32)28-25-16-10-8-14-23(25)13-6-4-5-11-22-12-7-9-15-24(22)27(29)30/h6-11,13,15-21,31H,3-5,12,14H2,1-2H3,(H,33,34);7-10,12,14-18,28H,4-6,11,13H2,1-3H3,(H,29,30). The molecule has 0 spiro atoms. The second-order valence-corrected chi connectivity index (χ2v) is 21.1. The van der Waals surface area contributed by atoms with Crippen LogP contribution in [0.5, 0.6) is 0 Å². The molecule has 0 aliphatic carbocycles. The molecule has 11 nitrogen and oxygen atoms in total. The summed E-state index contributed by atoms with van der Waals surface area (Å²) in [5.41, 5.74) is 8.95. The number of hydrogen-bond acceptors (Lipinski definition) is 7. The third-order valence-electron chi connectivity index (χ3n) is 12.3. The van der Waals surface area contributed by atoms with Gasteiger partial charge in [0.05, 0.1) is 32.3 Å². The summed E-state index contributed by atoms with van der Waals surface area (Å²) < 4.78 is 59.0. The number of fused-ring (bicyclic) bond motifs is 1. The van der Waals surface area contributed by atoms with Gasteiger partial charge in [-0.05, 0) is 142 Å². The average Bonchev–Trinajstić information content (AvgIpc) is 3.31. The fourth-order valence-corrected chi connectivity index (χ4v) is 11.9. The Morgan fingerprint density at radius 3 is 1.34 bits per heavy atom. The first-order chi connectivity index (χ1) is 33.5. The van der Waals surface area contributed by atoms with Gasteiger partial charge in [0.25, 0.3) is 20.0 Å². The molecular weight excluding hydrogens is 919 g/mol. The van der Waals surface area contributed by atoms with E-state index in [-0.39, 0.29) is 4.90 Å². The van der Waals surface area contributed by atoms with Crippen LogP contribution in [0.2, 0.25) is 0 Å². The van der Waals surface area contributed by atoms with Gasteiger partial charge >= 0.3 is 11.9 Å². The van der Waals surface area contributed by atoms with Gasteiger partial charge in [0.1, 0.15) is 0 Å². The molecule has 4 N–H and O–H groups in total. The SMILES string of the molecule is CN(C)c1cccc2c(S(=O)(=O)Nc3ccccc3CCCCCc3ccccc3C(=O)O)cccc12.Cc1cc(C)c(S(=O)(=O)Nc2ccccc2CCCCCc2ccccc2C(=O)O)c(C)c1. The van der Waals surface area contributed by atoms with Crippen LogP contribution < -0.4 is 14.3 Å². The Kier molecular flexibility index (Phi) is 18.0. The topological polar surface area (TPSA) is 170 Å². The van der Waals surface area contributed by atoms with Gasteiger partial charge in [-0.3, -0.25) is 9.44 Å². The number of benzene rings is 7. The molecule has 70 heavy (non-hydrogen) atoms. The van der Waals surface area contributed by atoms with Crippen LogP contribution in [0.1, 0.15) is 98.2 Å². The average molecular weight is 982 g/mol. The van der Waals surface area contributed by atoms with Crippen molar-refractivity contribution in [3.05, 3.63) is 196 Å². The van der Waals surface area contributed by atoms with Crippen LogP contribution >= 0.6 is 0 Å². The second kappa shape index (κ2) is 24.0. The third kappa shape index (κ3) is 13.6. The maximum atomic E-state index is 13.5. The number of nitrogens with zero attached hydrogens (tertiary/aromatic N) is 1. The molecular formula is C57H63N3O8S2. The summed E-state index contributed by atoms with van der Waals surface area (Å²) in [4.78, 5) is 25.3. The molecule has 0 radical (unpaired) electrons. The first-order valence-corrected chi connectivity index (χ1v) is 26.5. The van der Waals surface area contributed by atoms with E-state index in [0.29, 0.717) is 45.6 Å². The lowest BCUT2D eigenvalue weighted by Crippen LogP contribution is -2.17. The largest absolute Gasteiger partial charge is 0.478 e. The zero-order valence-electron chi connectivity index (χ0n) is 40.5. The van der Waals surface area contributed by atoms with Crippen LogP contribution in [0.3, 0.4) is 0 Å². The number of nitrogens with one attached hydrogen (secondary N) is 2. The maximum absolute atomic E-state index is 13.5. The minimum absolute atomic E-state index is 0.251.